The first-order chi connectivity index (χ1) is 17.1. The monoisotopic (exact) mass is 517 g/mol. The highest BCUT2D eigenvalue weighted by Crippen LogP contribution is 2.32. The zero-order valence-corrected chi connectivity index (χ0v) is 19.8. The van der Waals surface area contributed by atoms with Crippen LogP contribution in [-0.4, -0.2) is 45.9 Å². The van der Waals surface area contributed by atoms with E-state index in [1.54, 1.807) is 30.3 Å². The highest BCUT2D eigenvalue weighted by molar-refractivity contribution is 7.98. The molecule has 2 aromatic carbocycles. The predicted molar refractivity (Wildman–Crippen MR) is 131 cm³/mol. The Bertz CT molecular complexity index is 1250. The molecule has 1 atom stereocenters. The molecule has 0 bridgehead atoms. The highest BCUT2D eigenvalue weighted by Gasteiger charge is 2.35. The van der Waals surface area contributed by atoms with E-state index in [-0.39, 0.29) is 17.7 Å². The molecule has 0 aliphatic heterocycles. The van der Waals surface area contributed by atoms with Crippen molar-refractivity contribution in [1.82, 2.24) is 10.3 Å². The van der Waals surface area contributed by atoms with E-state index in [9.17, 15) is 32.7 Å². The molecule has 3 N–H and O–H groups in total. The molecule has 0 saturated heterocycles. The molecular formula is C25H22F3N3O4S. The number of anilines is 1. The van der Waals surface area contributed by atoms with Gasteiger partial charge in [-0.3, -0.25) is 14.6 Å². The van der Waals surface area contributed by atoms with Crippen LogP contribution >= 0.6 is 11.8 Å². The largest absolute Gasteiger partial charge is 0.480 e. The van der Waals surface area contributed by atoms with Gasteiger partial charge in [0, 0.05) is 23.6 Å². The first kappa shape index (κ1) is 26.7. The Balaban J connectivity index is 1.95. The van der Waals surface area contributed by atoms with Gasteiger partial charge < -0.3 is 15.7 Å². The van der Waals surface area contributed by atoms with Crippen LogP contribution in [0.1, 0.15) is 32.7 Å². The van der Waals surface area contributed by atoms with Crippen molar-refractivity contribution in [3.8, 4) is 11.1 Å². The molecule has 1 heterocycles. The third-order valence-electron chi connectivity index (χ3n) is 5.19. The molecule has 11 heteroatoms. The van der Waals surface area contributed by atoms with Gasteiger partial charge in [-0.15, -0.1) is 0 Å². The Morgan fingerprint density at radius 3 is 2.39 bits per heavy atom. The fraction of sp³-hybridized carbons (Fsp3) is 0.200. The fourth-order valence-electron chi connectivity index (χ4n) is 3.43. The van der Waals surface area contributed by atoms with E-state index in [1.807, 2.05) is 6.26 Å². The number of nitrogens with one attached hydrogen (secondary N) is 2. The summed E-state index contributed by atoms with van der Waals surface area (Å²) in [6, 6.07) is 12.5. The van der Waals surface area contributed by atoms with Crippen LogP contribution in [0, 0.1) is 0 Å². The number of benzene rings is 2. The number of thioether (sulfide) groups is 1. The number of alkyl halides is 3. The number of hydrogen-bond donors (Lipinski definition) is 3. The van der Waals surface area contributed by atoms with Crippen molar-refractivity contribution in [1.29, 1.82) is 0 Å². The van der Waals surface area contributed by atoms with Gasteiger partial charge in [-0.25, -0.2) is 4.79 Å². The van der Waals surface area contributed by atoms with E-state index in [4.69, 9.17) is 0 Å². The van der Waals surface area contributed by atoms with Crippen LogP contribution in [0.2, 0.25) is 0 Å². The molecule has 0 spiro atoms. The van der Waals surface area contributed by atoms with E-state index in [0.717, 1.165) is 12.4 Å². The second-order valence-corrected chi connectivity index (χ2v) is 8.63. The van der Waals surface area contributed by atoms with Crippen molar-refractivity contribution in [3.63, 3.8) is 0 Å². The van der Waals surface area contributed by atoms with Gasteiger partial charge in [0.15, 0.2) is 0 Å². The Kier molecular flexibility index (Phi) is 8.70. The van der Waals surface area contributed by atoms with Gasteiger partial charge >= 0.3 is 12.1 Å². The summed E-state index contributed by atoms with van der Waals surface area (Å²) in [6.07, 6.45) is -0.916. The molecule has 3 rings (SSSR count). The van der Waals surface area contributed by atoms with Gasteiger partial charge in [0.1, 0.15) is 6.04 Å². The zero-order valence-electron chi connectivity index (χ0n) is 19.0. The average Bonchev–Trinajstić information content (AvgIpc) is 2.86. The summed E-state index contributed by atoms with van der Waals surface area (Å²) in [5.41, 5.74) is -0.531. The number of amides is 2. The zero-order chi connectivity index (χ0) is 26.3. The lowest BCUT2D eigenvalue weighted by Crippen LogP contribution is -2.41. The van der Waals surface area contributed by atoms with Gasteiger partial charge in [-0.05, 0) is 53.8 Å². The Labute approximate surface area is 209 Å². The van der Waals surface area contributed by atoms with Crippen LogP contribution < -0.4 is 10.6 Å². The first-order valence-electron chi connectivity index (χ1n) is 10.7. The number of carbonyl (C=O) groups excluding carboxylic acids is 2. The maximum Gasteiger partial charge on any atom is 0.417 e. The molecule has 36 heavy (non-hydrogen) atoms. The predicted octanol–water partition coefficient (Wildman–Crippen LogP) is 4.96. The molecule has 0 aliphatic rings. The smallest absolute Gasteiger partial charge is 0.417 e. The number of carboxylic acids is 1. The minimum atomic E-state index is -4.75. The van der Waals surface area contributed by atoms with Gasteiger partial charge in [0.2, 0.25) is 0 Å². The van der Waals surface area contributed by atoms with Crippen molar-refractivity contribution in [2.24, 2.45) is 0 Å². The number of rotatable bonds is 9. The van der Waals surface area contributed by atoms with Crippen LogP contribution in [-0.2, 0) is 11.0 Å². The summed E-state index contributed by atoms with van der Waals surface area (Å²) in [7, 11) is 0. The molecule has 0 aliphatic carbocycles. The molecule has 1 aromatic heterocycles. The van der Waals surface area contributed by atoms with E-state index in [0.29, 0.717) is 22.9 Å². The minimum Gasteiger partial charge on any atom is -0.480 e. The summed E-state index contributed by atoms with van der Waals surface area (Å²) in [4.78, 5) is 40.9. The van der Waals surface area contributed by atoms with E-state index in [1.165, 1.54) is 30.0 Å². The second kappa shape index (κ2) is 11.7. The molecule has 7 nitrogen and oxygen atoms in total. The number of aromatic nitrogens is 1. The summed E-state index contributed by atoms with van der Waals surface area (Å²) in [5.74, 6) is -2.29. The number of nitrogens with zero attached hydrogens (tertiary/aromatic N) is 1. The number of aliphatic carboxylic acids is 1. The van der Waals surface area contributed by atoms with E-state index in [2.05, 4.69) is 15.6 Å². The SMILES string of the molecule is CSCCC(NC(=O)c1ccc(NC(=O)c2cnccc2C(F)(F)F)cc1-c1ccccc1)C(=O)O. The molecule has 3 aromatic rings. The van der Waals surface area contributed by atoms with Crippen LogP contribution in [0.3, 0.4) is 0 Å². The molecule has 1 unspecified atom stereocenters. The summed E-state index contributed by atoms with van der Waals surface area (Å²) < 4.78 is 40.0. The third-order valence-corrected chi connectivity index (χ3v) is 5.84. The fourth-order valence-corrected chi connectivity index (χ4v) is 3.90. The molecule has 2 amide bonds. The molecule has 0 radical (unpaired) electrons. The molecule has 0 fully saturated rings. The van der Waals surface area contributed by atoms with Gasteiger partial charge in [-0.1, -0.05) is 30.3 Å². The standard InChI is InChI=1S/C25H22F3N3O4S/c1-36-12-10-21(24(34)35)31-22(32)17-8-7-16(13-18(17)15-5-3-2-4-6-15)30-23(33)19-14-29-11-9-20(19)25(26,27)28/h2-9,11,13-14,21H,10,12H2,1H3,(H,30,33)(H,31,32)(H,34,35). The number of carbonyl (C=O) groups is 3. The summed E-state index contributed by atoms with van der Waals surface area (Å²) in [5, 5.41) is 14.4. The van der Waals surface area contributed by atoms with Crippen molar-refractivity contribution in [2.75, 3.05) is 17.3 Å². The van der Waals surface area contributed by atoms with Crippen LogP contribution in [0.5, 0.6) is 0 Å². The average molecular weight is 518 g/mol. The summed E-state index contributed by atoms with van der Waals surface area (Å²) in [6.45, 7) is 0. The molecule has 0 saturated carbocycles. The number of carboxylic acid groups (broad SMARTS) is 1. The number of pyridine rings is 1. The van der Waals surface area contributed by atoms with Crippen LogP contribution in [0.15, 0.2) is 67.0 Å². The van der Waals surface area contributed by atoms with Crippen LogP contribution in [0.4, 0.5) is 18.9 Å². The van der Waals surface area contributed by atoms with E-state index >= 15 is 0 Å². The van der Waals surface area contributed by atoms with Gasteiger partial charge in [0.25, 0.3) is 11.8 Å². The number of hydrogen-bond acceptors (Lipinski definition) is 5. The minimum absolute atomic E-state index is 0.143. The Hall–Kier alpha value is -3.86. The molecule has 188 valence electrons. The van der Waals surface area contributed by atoms with E-state index < -0.39 is 41.1 Å². The van der Waals surface area contributed by atoms with Gasteiger partial charge in [-0.2, -0.15) is 24.9 Å². The summed E-state index contributed by atoms with van der Waals surface area (Å²) >= 11 is 1.45. The maximum absolute atomic E-state index is 13.3. The Morgan fingerprint density at radius 2 is 1.75 bits per heavy atom. The van der Waals surface area contributed by atoms with Gasteiger partial charge in [0.05, 0.1) is 11.1 Å². The lowest BCUT2D eigenvalue weighted by Gasteiger charge is -2.17. The quantitative estimate of drug-likeness (QED) is 0.371. The lowest BCUT2D eigenvalue weighted by atomic mass is 9.97. The normalized spacial score (nSPS) is 12.0. The number of halogens is 3. The van der Waals surface area contributed by atoms with Crippen LogP contribution in [0.25, 0.3) is 11.1 Å². The highest BCUT2D eigenvalue weighted by atomic mass is 32.2. The first-order valence-corrected chi connectivity index (χ1v) is 12.1. The van der Waals surface area contributed by atoms with Crippen molar-refractivity contribution in [3.05, 3.63) is 83.7 Å². The van der Waals surface area contributed by atoms with Crippen molar-refractivity contribution < 1.29 is 32.7 Å². The van der Waals surface area contributed by atoms with Crippen molar-refractivity contribution >= 4 is 35.2 Å². The second-order valence-electron chi connectivity index (χ2n) is 7.65. The molecular weight excluding hydrogens is 495 g/mol. The van der Waals surface area contributed by atoms with Crippen molar-refractivity contribution in [2.45, 2.75) is 18.6 Å². The lowest BCUT2D eigenvalue weighted by molar-refractivity contribution is -0.139. The third kappa shape index (κ3) is 6.63. The maximum atomic E-state index is 13.3. The topological polar surface area (TPSA) is 108 Å². The Morgan fingerprint density at radius 1 is 1.03 bits per heavy atom.